The summed E-state index contributed by atoms with van der Waals surface area (Å²) in [4.78, 5) is 37.8. The Morgan fingerprint density at radius 1 is 1.10 bits per heavy atom. The number of anilines is 1. The molecule has 0 bridgehead atoms. The van der Waals surface area contributed by atoms with Crippen LogP contribution in [-0.4, -0.2) is 37.9 Å². The third-order valence-corrected chi connectivity index (χ3v) is 4.89. The van der Waals surface area contributed by atoms with E-state index in [-0.39, 0.29) is 24.3 Å². The first kappa shape index (κ1) is 20.4. The number of carbonyl (C=O) groups excluding carboxylic acids is 3. The second-order valence-corrected chi connectivity index (χ2v) is 6.96. The average molecular weight is 395 g/mol. The Kier molecular flexibility index (Phi) is 6.49. The molecule has 3 amide bonds. The van der Waals surface area contributed by atoms with Crippen molar-refractivity contribution in [1.29, 1.82) is 0 Å². The number of aryl methyl sites for hydroxylation is 1. The maximum Gasteiger partial charge on any atom is 0.251 e. The molecule has 2 aromatic carbocycles. The van der Waals surface area contributed by atoms with Gasteiger partial charge < -0.3 is 20.3 Å². The molecule has 0 unspecified atom stereocenters. The molecule has 29 heavy (non-hydrogen) atoms. The zero-order valence-corrected chi connectivity index (χ0v) is 16.7. The molecule has 2 aromatic rings. The molecule has 0 aromatic heterocycles. The number of hydrogen-bond donors (Lipinski definition) is 2. The minimum Gasteiger partial charge on any atom is -0.496 e. The SMILES string of the molecule is COc1cc(CNC(=O)CNC(=O)c2ccc(N3CCCC3=O)cc2)ccc1C. The summed E-state index contributed by atoms with van der Waals surface area (Å²) < 4.78 is 5.28. The van der Waals surface area contributed by atoms with Gasteiger partial charge in [0.15, 0.2) is 0 Å². The molecule has 1 heterocycles. The maximum atomic E-state index is 12.3. The van der Waals surface area contributed by atoms with E-state index in [0.717, 1.165) is 29.0 Å². The third kappa shape index (κ3) is 5.13. The van der Waals surface area contributed by atoms with Gasteiger partial charge in [0.25, 0.3) is 5.91 Å². The van der Waals surface area contributed by atoms with Gasteiger partial charge in [0.05, 0.1) is 13.7 Å². The fourth-order valence-corrected chi connectivity index (χ4v) is 3.21. The summed E-state index contributed by atoms with van der Waals surface area (Å²) in [5, 5.41) is 5.38. The molecule has 3 rings (SSSR count). The molecule has 0 spiro atoms. The molecule has 0 radical (unpaired) electrons. The van der Waals surface area contributed by atoms with E-state index in [2.05, 4.69) is 10.6 Å². The molecule has 7 heteroatoms. The lowest BCUT2D eigenvalue weighted by Gasteiger charge is -2.15. The van der Waals surface area contributed by atoms with Crippen molar-refractivity contribution < 1.29 is 19.1 Å². The lowest BCUT2D eigenvalue weighted by molar-refractivity contribution is -0.120. The summed E-state index contributed by atoms with van der Waals surface area (Å²) in [5.74, 6) is 0.253. The predicted octanol–water partition coefficient (Wildman–Crippen LogP) is 2.18. The zero-order valence-electron chi connectivity index (χ0n) is 16.7. The number of methoxy groups -OCH3 is 1. The van der Waals surface area contributed by atoms with E-state index >= 15 is 0 Å². The number of ether oxygens (including phenoxy) is 1. The summed E-state index contributed by atoms with van der Waals surface area (Å²) in [6.07, 6.45) is 1.41. The van der Waals surface area contributed by atoms with Crippen LogP contribution in [0, 0.1) is 6.92 Å². The van der Waals surface area contributed by atoms with E-state index in [9.17, 15) is 14.4 Å². The summed E-state index contributed by atoms with van der Waals surface area (Å²) in [6, 6.07) is 12.6. The van der Waals surface area contributed by atoms with Crippen molar-refractivity contribution in [3.63, 3.8) is 0 Å². The van der Waals surface area contributed by atoms with Crippen LogP contribution in [0.2, 0.25) is 0 Å². The van der Waals surface area contributed by atoms with Crippen LogP contribution < -0.4 is 20.3 Å². The van der Waals surface area contributed by atoms with E-state index in [4.69, 9.17) is 4.74 Å². The molecular formula is C22H25N3O4. The van der Waals surface area contributed by atoms with Gasteiger partial charge in [-0.2, -0.15) is 0 Å². The van der Waals surface area contributed by atoms with Crippen LogP contribution >= 0.6 is 0 Å². The highest BCUT2D eigenvalue weighted by Gasteiger charge is 2.21. The first-order valence-electron chi connectivity index (χ1n) is 9.57. The Labute approximate surface area is 170 Å². The van der Waals surface area contributed by atoms with Crippen molar-refractivity contribution in [3.8, 4) is 5.75 Å². The molecule has 0 atom stereocenters. The highest BCUT2D eigenvalue weighted by molar-refractivity contribution is 5.98. The minimum absolute atomic E-state index is 0.102. The molecule has 0 saturated carbocycles. The van der Waals surface area contributed by atoms with Gasteiger partial charge in [-0.15, -0.1) is 0 Å². The number of amides is 3. The molecular weight excluding hydrogens is 370 g/mol. The Morgan fingerprint density at radius 3 is 2.52 bits per heavy atom. The molecule has 7 nitrogen and oxygen atoms in total. The van der Waals surface area contributed by atoms with Crippen LogP contribution in [0.1, 0.15) is 34.3 Å². The number of nitrogens with zero attached hydrogens (tertiary/aromatic N) is 1. The maximum absolute atomic E-state index is 12.3. The number of carbonyl (C=O) groups is 3. The van der Waals surface area contributed by atoms with Gasteiger partial charge in [0.2, 0.25) is 11.8 Å². The molecule has 1 saturated heterocycles. The van der Waals surface area contributed by atoms with E-state index < -0.39 is 0 Å². The zero-order chi connectivity index (χ0) is 20.8. The van der Waals surface area contributed by atoms with Gasteiger partial charge in [-0.05, 0) is 54.8 Å². The van der Waals surface area contributed by atoms with Crippen LogP contribution in [-0.2, 0) is 16.1 Å². The summed E-state index contributed by atoms with van der Waals surface area (Å²) in [7, 11) is 1.61. The Hall–Kier alpha value is -3.35. The molecule has 1 aliphatic rings. The predicted molar refractivity (Wildman–Crippen MR) is 110 cm³/mol. The van der Waals surface area contributed by atoms with Gasteiger partial charge in [-0.1, -0.05) is 12.1 Å². The van der Waals surface area contributed by atoms with Crippen LogP contribution in [0.5, 0.6) is 5.75 Å². The van der Waals surface area contributed by atoms with Crippen molar-refractivity contribution >= 4 is 23.4 Å². The molecule has 1 fully saturated rings. The second-order valence-electron chi connectivity index (χ2n) is 6.96. The molecule has 2 N–H and O–H groups in total. The van der Waals surface area contributed by atoms with Gasteiger partial charge in [-0.25, -0.2) is 0 Å². The second kappa shape index (κ2) is 9.23. The van der Waals surface area contributed by atoms with Gasteiger partial charge in [-0.3, -0.25) is 14.4 Å². The topological polar surface area (TPSA) is 87.7 Å². The van der Waals surface area contributed by atoms with E-state index in [1.165, 1.54) is 0 Å². The first-order valence-corrected chi connectivity index (χ1v) is 9.57. The number of hydrogen-bond acceptors (Lipinski definition) is 4. The molecule has 1 aliphatic heterocycles. The summed E-state index contributed by atoms with van der Waals surface area (Å²) >= 11 is 0. The molecule has 0 aliphatic carbocycles. The van der Waals surface area contributed by atoms with Crippen LogP contribution in [0.25, 0.3) is 0 Å². The van der Waals surface area contributed by atoms with Crippen LogP contribution in [0.4, 0.5) is 5.69 Å². The fourth-order valence-electron chi connectivity index (χ4n) is 3.21. The fraction of sp³-hybridized carbons (Fsp3) is 0.318. The highest BCUT2D eigenvalue weighted by atomic mass is 16.5. The first-order chi connectivity index (χ1) is 14.0. The van der Waals surface area contributed by atoms with Crippen molar-refractivity contribution in [2.75, 3.05) is 25.1 Å². The van der Waals surface area contributed by atoms with Gasteiger partial charge >= 0.3 is 0 Å². The average Bonchev–Trinajstić information content (AvgIpc) is 3.17. The quantitative estimate of drug-likeness (QED) is 0.752. The Morgan fingerprint density at radius 2 is 1.86 bits per heavy atom. The van der Waals surface area contributed by atoms with Crippen LogP contribution in [0.15, 0.2) is 42.5 Å². The van der Waals surface area contributed by atoms with Crippen molar-refractivity contribution in [1.82, 2.24) is 10.6 Å². The monoisotopic (exact) mass is 395 g/mol. The lowest BCUT2D eigenvalue weighted by Crippen LogP contribution is -2.36. The summed E-state index contributed by atoms with van der Waals surface area (Å²) in [6.45, 7) is 2.89. The van der Waals surface area contributed by atoms with Gasteiger partial charge in [0.1, 0.15) is 5.75 Å². The Bertz CT molecular complexity index is 909. The summed E-state index contributed by atoms with van der Waals surface area (Å²) in [5.41, 5.74) is 3.17. The lowest BCUT2D eigenvalue weighted by atomic mass is 10.1. The third-order valence-electron chi connectivity index (χ3n) is 4.89. The molecule has 152 valence electrons. The normalized spacial score (nSPS) is 13.3. The van der Waals surface area contributed by atoms with E-state index in [1.807, 2.05) is 25.1 Å². The van der Waals surface area contributed by atoms with Gasteiger partial charge in [0, 0.05) is 30.8 Å². The van der Waals surface area contributed by atoms with Crippen molar-refractivity contribution in [2.24, 2.45) is 0 Å². The smallest absolute Gasteiger partial charge is 0.251 e. The van der Waals surface area contributed by atoms with Crippen molar-refractivity contribution in [3.05, 3.63) is 59.2 Å². The van der Waals surface area contributed by atoms with E-state index in [1.54, 1.807) is 36.3 Å². The largest absolute Gasteiger partial charge is 0.496 e. The number of benzene rings is 2. The van der Waals surface area contributed by atoms with E-state index in [0.29, 0.717) is 25.1 Å². The number of rotatable bonds is 7. The van der Waals surface area contributed by atoms with Crippen molar-refractivity contribution in [2.45, 2.75) is 26.3 Å². The standard InChI is InChI=1S/C22H25N3O4/c1-15-5-6-16(12-19(15)29-2)13-23-20(26)14-24-22(28)17-7-9-18(10-8-17)25-11-3-4-21(25)27/h5-10,12H,3-4,11,13-14H2,1-2H3,(H,23,26)(H,24,28). The number of nitrogens with one attached hydrogen (secondary N) is 2. The minimum atomic E-state index is -0.337. The van der Waals surface area contributed by atoms with Crippen LogP contribution in [0.3, 0.4) is 0 Å². The Balaban J connectivity index is 1.47. The highest BCUT2D eigenvalue weighted by Crippen LogP contribution is 2.21.